The maximum atomic E-state index is 12.9. The van der Waals surface area contributed by atoms with Gasteiger partial charge in [0.15, 0.2) is 0 Å². The van der Waals surface area contributed by atoms with Crippen LogP contribution in [0.25, 0.3) is 5.69 Å². The topological polar surface area (TPSA) is 63.9 Å². The van der Waals surface area contributed by atoms with Gasteiger partial charge in [-0.1, -0.05) is 43.3 Å². The first-order valence-corrected chi connectivity index (χ1v) is 10.0. The molecule has 0 bridgehead atoms. The molecule has 6 nitrogen and oxygen atoms in total. The first kappa shape index (κ1) is 18.9. The lowest BCUT2D eigenvalue weighted by atomic mass is 9.92. The number of carbonyl (C=O) groups is 1. The molecule has 1 amide bonds. The van der Waals surface area contributed by atoms with Crippen LogP contribution in [0, 0.1) is 25.7 Å². The molecule has 1 saturated heterocycles. The Morgan fingerprint density at radius 2 is 1.92 bits per heavy atom. The van der Waals surface area contributed by atoms with Gasteiger partial charge < -0.3 is 4.90 Å². The van der Waals surface area contributed by atoms with E-state index in [1.54, 1.807) is 4.68 Å². The molecule has 1 aliphatic heterocycles. The number of carbonyl (C=O) groups excluding carboxylic acids is 1. The molecule has 0 N–H and O–H groups in total. The van der Waals surface area contributed by atoms with Crippen LogP contribution < -0.4 is 0 Å². The van der Waals surface area contributed by atoms with E-state index < -0.39 is 0 Å². The Morgan fingerprint density at radius 1 is 1.23 bits per heavy atom. The number of thioether (sulfide) groups is 1. The Labute approximate surface area is 159 Å². The zero-order chi connectivity index (χ0) is 18.8. The SMILES string of the molecule is Cc1ccc(-n2nnnc2S[C@@H](C)C(=O)N2C[C@@H](C)C[C@H](C)C2)c(C)c1. The number of tetrazole rings is 1. The van der Waals surface area contributed by atoms with Gasteiger partial charge in [-0.2, -0.15) is 4.68 Å². The third-order valence-electron chi connectivity index (χ3n) is 4.83. The average molecular weight is 374 g/mol. The number of hydrogen-bond donors (Lipinski definition) is 0. The Hall–Kier alpha value is -1.89. The molecule has 7 heteroatoms. The molecule has 1 aromatic heterocycles. The van der Waals surface area contributed by atoms with Crippen molar-refractivity contribution in [1.29, 1.82) is 0 Å². The highest BCUT2D eigenvalue weighted by atomic mass is 32.2. The molecule has 2 heterocycles. The van der Waals surface area contributed by atoms with Crippen molar-refractivity contribution < 1.29 is 4.79 Å². The van der Waals surface area contributed by atoms with Gasteiger partial charge in [0.1, 0.15) is 0 Å². The first-order chi connectivity index (χ1) is 12.3. The largest absolute Gasteiger partial charge is 0.341 e. The van der Waals surface area contributed by atoms with Crippen molar-refractivity contribution in [2.24, 2.45) is 11.8 Å². The molecule has 3 rings (SSSR count). The highest BCUT2D eigenvalue weighted by Gasteiger charge is 2.29. The summed E-state index contributed by atoms with van der Waals surface area (Å²) in [6.45, 7) is 12.2. The molecule has 0 radical (unpaired) electrons. The van der Waals surface area contributed by atoms with E-state index in [1.807, 2.05) is 30.9 Å². The van der Waals surface area contributed by atoms with Gasteiger partial charge in [-0.15, -0.1) is 5.10 Å². The van der Waals surface area contributed by atoms with E-state index in [9.17, 15) is 4.79 Å². The summed E-state index contributed by atoms with van der Waals surface area (Å²) in [5.41, 5.74) is 3.25. The van der Waals surface area contributed by atoms with Crippen LogP contribution in [-0.4, -0.2) is 49.4 Å². The van der Waals surface area contributed by atoms with E-state index in [0.717, 1.165) is 24.3 Å². The number of piperidine rings is 1. The van der Waals surface area contributed by atoms with Crippen LogP contribution in [-0.2, 0) is 4.79 Å². The van der Waals surface area contributed by atoms with Crippen LogP contribution in [0.1, 0.15) is 38.3 Å². The second kappa shape index (κ2) is 7.78. The monoisotopic (exact) mass is 373 g/mol. The highest BCUT2D eigenvalue weighted by Crippen LogP contribution is 2.28. The van der Waals surface area contributed by atoms with Crippen LogP contribution in [0.4, 0.5) is 0 Å². The van der Waals surface area contributed by atoms with E-state index in [4.69, 9.17) is 0 Å². The number of nitrogens with zero attached hydrogens (tertiary/aromatic N) is 5. The molecule has 1 aliphatic rings. The van der Waals surface area contributed by atoms with E-state index in [-0.39, 0.29) is 11.2 Å². The number of hydrogen-bond acceptors (Lipinski definition) is 5. The summed E-state index contributed by atoms with van der Waals surface area (Å²) < 4.78 is 1.73. The molecule has 140 valence electrons. The molecular formula is C19H27N5OS. The Balaban J connectivity index is 1.75. The smallest absolute Gasteiger partial charge is 0.235 e. The van der Waals surface area contributed by atoms with Gasteiger partial charge in [0.2, 0.25) is 11.1 Å². The maximum absolute atomic E-state index is 12.9. The standard InChI is InChI=1S/C19H27N5OS/c1-12-6-7-17(15(4)9-12)24-19(20-21-22-24)26-16(5)18(25)23-10-13(2)8-14(3)11-23/h6-7,9,13-14,16H,8,10-11H2,1-5H3/t13-,14-,16-/m0/s1. The molecule has 1 fully saturated rings. The lowest BCUT2D eigenvalue weighted by Gasteiger charge is -2.36. The first-order valence-electron chi connectivity index (χ1n) is 9.16. The highest BCUT2D eigenvalue weighted by molar-refractivity contribution is 8.00. The minimum Gasteiger partial charge on any atom is -0.341 e. The summed E-state index contributed by atoms with van der Waals surface area (Å²) in [5, 5.41) is 12.5. The molecule has 0 aliphatic carbocycles. The third-order valence-corrected chi connectivity index (χ3v) is 5.85. The van der Waals surface area contributed by atoms with Crippen molar-refractivity contribution in [2.45, 2.75) is 51.4 Å². The van der Waals surface area contributed by atoms with Crippen molar-refractivity contribution >= 4 is 17.7 Å². The fourth-order valence-electron chi connectivity index (χ4n) is 3.76. The average Bonchev–Trinajstić information content (AvgIpc) is 3.01. The van der Waals surface area contributed by atoms with Gasteiger partial charge >= 0.3 is 0 Å². The van der Waals surface area contributed by atoms with Crippen LogP contribution in [0.15, 0.2) is 23.4 Å². The molecule has 0 unspecified atom stereocenters. The lowest BCUT2D eigenvalue weighted by molar-refractivity contribution is -0.132. The van der Waals surface area contributed by atoms with Crippen LogP contribution in [0.5, 0.6) is 0 Å². The Morgan fingerprint density at radius 3 is 2.58 bits per heavy atom. The normalized spacial score (nSPS) is 21.7. The third kappa shape index (κ3) is 4.09. The summed E-state index contributed by atoms with van der Waals surface area (Å²) in [6, 6.07) is 6.17. The molecule has 0 spiro atoms. The molecule has 26 heavy (non-hydrogen) atoms. The summed E-state index contributed by atoms with van der Waals surface area (Å²) in [5.74, 6) is 1.28. The summed E-state index contributed by atoms with van der Waals surface area (Å²) in [4.78, 5) is 14.9. The summed E-state index contributed by atoms with van der Waals surface area (Å²) in [6.07, 6.45) is 1.19. The quantitative estimate of drug-likeness (QED) is 0.770. The number of benzene rings is 1. The predicted octanol–water partition coefficient (Wildman–Crippen LogP) is 3.26. The van der Waals surface area contributed by atoms with E-state index in [2.05, 4.69) is 42.4 Å². The van der Waals surface area contributed by atoms with Crippen molar-refractivity contribution in [3.05, 3.63) is 29.3 Å². The van der Waals surface area contributed by atoms with Gasteiger partial charge in [0, 0.05) is 13.1 Å². The lowest BCUT2D eigenvalue weighted by Crippen LogP contribution is -2.45. The van der Waals surface area contributed by atoms with Crippen LogP contribution in [0.3, 0.4) is 0 Å². The fourth-order valence-corrected chi connectivity index (χ4v) is 4.64. The van der Waals surface area contributed by atoms with E-state index in [0.29, 0.717) is 17.0 Å². The van der Waals surface area contributed by atoms with Gasteiger partial charge in [-0.3, -0.25) is 4.79 Å². The molecule has 3 atom stereocenters. The molecular weight excluding hydrogens is 346 g/mol. The Bertz CT molecular complexity index is 780. The number of aromatic nitrogens is 4. The second-order valence-electron chi connectivity index (χ2n) is 7.61. The maximum Gasteiger partial charge on any atom is 0.235 e. The van der Waals surface area contributed by atoms with E-state index >= 15 is 0 Å². The number of likely N-dealkylation sites (tertiary alicyclic amines) is 1. The summed E-state index contributed by atoms with van der Waals surface area (Å²) >= 11 is 1.42. The second-order valence-corrected chi connectivity index (χ2v) is 8.92. The van der Waals surface area contributed by atoms with Crippen LogP contribution >= 0.6 is 11.8 Å². The number of rotatable bonds is 4. The van der Waals surface area contributed by atoms with Crippen molar-refractivity contribution in [1.82, 2.24) is 25.1 Å². The fraction of sp³-hybridized carbons (Fsp3) is 0.579. The number of amides is 1. The predicted molar refractivity (Wildman–Crippen MR) is 103 cm³/mol. The minimum absolute atomic E-state index is 0.170. The van der Waals surface area contributed by atoms with Gasteiger partial charge in [-0.25, -0.2) is 0 Å². The van der Waals surface area contributed by atoms with Gasteiger partial charge in [0.25, 0.3) is 0 Å². The number of aryl methyl sites for hydroxylation is 2. The van der Waals surface area contributed by atoms with Gasteiger partial charge in [-0.05, 0) is 61.1 Å². The minimum atomic E-state index is -0.219. The van der Waals surface area contributed by atoms with Crippen molar-refractivity contribution in [3.8, 4) is 5.69 Å². The molecule has 2 aromatic rings. The zero-order valence-corrected chi connectivity index (χ0v) is 17.0. The molecule has 0 saturated carbocycles. The molecule has 1 aromatic carbocycles. The van der Waals surface area contributed by atoms with Gasteiger partial charge in [0.05, 0.1) is 10.9 Å². The Kier molecular flexibility index (Phi) is 5.65. The zero-order valence-electron chi connectivity index (χ0n) is 16.1. The summed E-state index contributed by atoms with van der Waals surface area (Å²) in [7, 11) is 0. The van der Waals surface area contributed by atoms with Crippen molar-refractivity contribution in [2.75, 3.05) is 13.1 Å². The van der Waals surface area contributed by atoms with E-state index in [1.165, 1.54) is 23.7 Å². The van der Waals surface area contributed by atoms with Crippen molar-refractivity contribution in [3.63, 3.8) is 0 Å². The van der Waals surface area contributed by atoms with Crippen LogP contribution in [0.2, 0.25) is 0 Å².